The predicted molar refractivity (Wildman–Crippen MR) is 66.8 cm³/mol. The Kier molecular flexibility index (Phi) is 3.97. The van der Waals surface area contributed by atoms with E-state index in [2.05, 4.69) is 0 Å². The van der Waals surface area contributed by atoms with Crippen molar-refractivity contribution >= 4 is 5.78 Å². The SMILES string of the molecule is C[C@H](C(=O)C1CCCC1)c1ccc(C(F)(F)F)cc1. The van der Waals surface area contributed by atoms with E-state index < -0.39 is 11.7 Å². The van der Waals surface area contributed by atoms with Gasteiger partial charge in [-0.2, -0.15) is 13.2 Å². The van der Waals surface area contributed by atoms with Crippen molar-refractivity contribution in [2.24, 2.45) is 5.92 Å². The molecule has 0 spiro atoms. The van der Waals surface area contributed by atoms with E-state index in [1.165, 1.54) is 12.1 Å². The van der Waals surface area contributed by atoms with E-state index in [1.807, 2.05) is 0 Å². The molecule has 1 atom stereocenters. The van der Waals surface area contributed by atoms with Gasteiger partial charge >= 0.3 is 6.18 Å². The van der Waals surface area contributed by atoms with Gasteiger partial charge in [0.15, 0.2) is 0 Å². The second kappa shape index (κ2) is 5.35. The molecule has 1 fully saturated rings. The lowest BCUT2D eigenvalue weighted by Gasteiger charge is -2.16. The summed E-state index contributed by atoms with van der Waals surface area (Å²) in [5, 5.41) is 0. The number of carbonyl (C=O) groups excluding carboxylic acids is 1. The minimum absolute atomic E-state index is 0.0947. The van der Waals surface area contributed by atoms with Gasteiger partial charge in [0.05, 0.1) is 5.56 Å². The van der Waals surface area contributed by atoms with Crippen molar-refractivity contribution in [3.05, 3.63) is 35.4 Å². The number of ketones is 1. The summed E-state index contributed by atoms with van der Waals surface area (Å²) in [5.74, 6) is -0.0556. The average Bonchev–Trinajstić information content (AvgIpc) is 2.90. The van der Waals surface area contributed by atoms with E-state index in [-0.39, 0.29) is 17.6 Å². The van der Waals surface area contributed by atoms with Crippen molar-refractivity contribution in [3.8, 4) is 0 Å². The third-order valence-electron chi connectivity index (χ3n) is 3.92. The van der Waals surface area contributed by atoms with E-state index in [0.29, 0.717) is 5.56 Å². The summed E-state index contributed by atoms with van der Waals surface area (Å²) in [7, 11) is 0. The normalized spacial score (nSPS) is 18.5. The first-order valence-electron chi connectivity index (χ1n) is 6.60. The zero-order chi connectivity index (χ0) is 14.0. The van der Waals surface area contributed by atoms with Crippen LogP contribution in [-0.4, -0.2) is 5.78 Å². The number of halogens is 3. The molecule has 1 aliphatic carbocycles. The van der Waals surface area contributed by atoms with Gasteiger partial charge in [-0.05, 0) is 30.5 Å². The molecule has 19 heavy (non-hydrogen) atoms. The monoisotopic (exact) mass is 270 g/mol. The molecular formula is C15H17F3O. The van der Waals surface area contributed by atoms with Gasteiger partial charge in [0, 0.05) is 11.8 Å². The zero-order valence-electron chi connectivity index (χ0n) is 10.8. The van der Waals surface area contributed by atoms with Crippen LogP contribution >= 0.6 is 0 Å². The molecule has 1 aromatic carbocycles. The minimum atomic E-state index is -4.32. The Morgan fingerprint density at radius 1 is 1.16 bits per heavy atom. The summed E-state index contributed by atoms with van der Waals surface area (Å²) in [6, 6.07) is 4.93. The van der Waals surface area contributed by atoms with Crippen LogP contribution in [0.1, 0.15) is 49.7 Å². The first-order valence-corrected chi connectivity index (χ1v) is 6.60. The molecule has 1 aliphatic rings. The van der Waals surface area contributed by atoms with Crippen LogP contribution < -0.4 is 0 Å². The van der Waals surface area contributed by atoms with E-state index in [0.717, 1.165) is 37.8 Å². The minimum Gasteiger partial charge on any atom is -0.299 e. The lowest BCUT2D eigenvalue weighted by atomic mass is 9.87. The van der Waals surface area contributed by atoms with Crippen LogP contribution in [0.4, 0.5) is 13.2 Å². The molecular weight excluding hydrogens is 253 g/mol. The number of carbonyl (C=O) groups is 1. The number of alkyl halides is 3. The van der Waals surface area contributed by atoms with Gasteiger partial charge in [0.25, 0.3) is 0 Å². The maximum atomic E-state index is 12.5. The van der Waals surface area contributed by atoms with Gasteiger partial charge in [-0.3, -0.25) is 4.79 Å². The van der Waals surface area contributed by atoms with Crippen LogP contribution in [-0.2, 0) is 11.0 Å². The van der Waals surface area contributed by atoms with Gasteiger partial charge in [-0.25, -0.2) is 0 Å². The van der Waals surface area contributed by atoms with E-state index in [9.17, 15) is 18.0 Å². The largest absolute Gasteiger partial charge is 0.416 e. The topological polar surface area (TPSA) is 17.1 Å². The molecule has 104 valence electrons. The van der Waals surface area contributed by atoms with Crippen LogP contribution in [0, 0.1) is 5.92 Å². The van der Waals surface area contributed by atoms with Crippen LogP contribution in [0.15, 0.2) is 24.3 Å². The van der Waals surface area contributed by atoms with Crippen molar-refractivity contribution in [3.63, 3.8) is 0 Å². The highest BCUT2D eigenvalue weighted by atomic mass is 19.4. The van der Waals surface area contributed by atoms with Crippen molar-refractivity contribution in [1.29, 1.82) is 0 Å². The van der Waals surface area contributed by atoms with Crippen molar-refractivity contribution in [1.82, 2.24) is 0 Å². The Balaban J connectivity index is 2.11. The predicted octanol–water partition coefficient (Wildman–Crippen LogP) is 4.57. The molecule has 0 radical (unpaired) electrons. The Labute approximate surface area is 110 Å². The van der Waals surface area contributed by atoms with E-state index >= 15 is 0 Å². The maximum Gasteiger partial charge on any atom is 0.416 e. The van der Waals surface area contributed by atoms with Crippen LogP contribution in [0.5, 0.6) is 0 Å². The van der Waals surface area contributed by atoms with Crippen molar-refractivity contribution in [2.45, 2.75) is 44.7 Å². The molecule has 0 aromatic heterocycles. The molecule has 0 amide bonds. The Morgan fingerprint density at radius 3 is 2.16 bits per heavy atom. The number of rotatable bonds is 3. The molecule has 0 heterocycles. The highest BCUT2D eigenvalue weighted by molar-refractivity contribution is 5.87. The van der Waals surface area contributed by atoms with Gasteiger partial charge in [-0.1, -0.05) is 31.9 Å². The smallest absolute Gasteiger partial charge is 0.299 e. The molecule has 2 rings (SSSR count). The van der Waals surface area contributed by atoms with E-state index in [4.69, 9.17) is 0 Å². The first kappa shape index (κ1) is 14.1. The quantitative estimate of drug-likeness (QED) is 0.786. The van der Waals surface area contributed by atoms with Gasteiger partial charge in [0.2, 0.25) is 0 Å². The Hall–Kier alpha value is -1.32. The number of Topliss-reactive ketones (excluding diaryl/α,β-unsaturated/α-hetero) is 1. The third-order valence-corrected chi connectivity index (χ3v) is 3.92. The molecule has 1 nitrogen and oxygen atoms in total. The van der Waals surface area contributed by atoms with Gasteiger partial charge in [-0.15, -0.1) is 0 Å². The summed E-state index contributed by atoms with van der Waals surface area (Å²) >= 11 is 0. The fourth-order valence-corrected chi connectivity index (χ4v) is 2.69. The van der Waals surface area contributed by atoms with Crippen LogP contribution in [0.2, 0.25) is 0 Å². The standard InChI is InChI=1S/C15H17F3O/c1-10(14(19)12-4-2-3-5-12)11-6-8-13(9-7-11)15(16,17)18/h6-10,12H,2-5H2,1H3/t10-/m0/s1. The number of hydrogen-bond donors (Lipinski definition) is 0. The third kappa shape index (κ3) is 3.17. The molecule has 1 aromatic rings. The summed E-state index contributed by atoms with van der Waals surface area (Å²) in [5.41, 5.74) is 0.00154. The van der Waals surface area contributed by atoms with Crippen molar-refractivity contribution in [2.75, 3.05) is 0 Å². The van der Waals surface area contributed by atoms with Gasteiger partial charge < -0.3 is 0 Å². The van der Waals surface area contributed by atoms with Crippen LogP contribution in [0.3, 0.4) is 0 Å². The Bertz CT molecular complexity index is 441. The molecule has 0 unspecified atom stereocenters. The highest BCUT2D eigenvalue weighted by Crippen LogP contribution is 2.33. The summed E-state index contributed by atoms with van der Waals surface area (Å²) < 4.78 is 37.4. The fourth-order valence-electron chi connectivity index (χ4n) is 2.69. The average molecular weight is 270 g/mol. The molecule has 4 heteroatoms. The number of hydrogen-bond acceptors (Lipinski definition) is 1. The van der Waals surface area contributed by atoms with Crippen molar-refractivity contribution < 1.29 is 18.0 Å². The van der Waals surface area contributed by atoms with Crippen LogP contribution in [0.25, 0.3) is 0 Å². The molecule has 1 saturated carbocycles. The second-order valence-electron chi connectivity index (χ2n) is 5.23. The fraction of sp³-hybridized carbons (Fsp3) is 0.533. The molecule has 0 bridgehead atoms. The van der Waals surface area contributed by atoms with Gasteiger partial charge in [0.1, 0.15) is 5.78 Å². The highest BCUT2D eigenvalue weighted by Gasteiger charge is 2.31. The number of benzene rings is 1. The summed E-state index contributed by atoms with van der Waals surface area (Å²) in [4.78, 5) is 12.2. The van der Waals surface area contributed by atoms with E-state index in [1.54, 1.807) is 6.92 Å². The zero-order valence-corrected chi connectivity index (χ0v) is 10.8. The second-order valence-corrected chi connectivity index (χ2v) is 5.23. The molecule has 0 saturated heterocycles. The molecule has 0 aliphatic heterocycles. The first-order chi connectivity index (χ1) is 8.89. The maximum absolute atomic E-state index is 12.5. The summed E-state index contributed by atoms with van der Waals surface area (Å²) in [6.45, 7) is 1.78. The lowest BCUT2D eigenvalue weighted by molar-refractivity contribution is -0.137. The summed E-state index contributed by atoms with van der Waals surface area (Å²) in [6.07, 6.45) is -0.322. The Morgan fingerprint density at radius 2 is 1.68 bits per heavy atom. The molecule has 0 N–H and O–H groups in total. The lowest BCUT2D eigenvalue weighted by Crippen LogP contribution is -2.18.